The van der Waals surface area contributed by atoms with Crippen LogP contribution in [-0.4, -0.2) is 57.2 Å². The lowest BCUT2D eigenvalue weighted by Crippen LogP contribution is -2.40. The van der Waals surface area contributed by atoms with Gasteiger partial charge in [0.2, 0.25) is 0 Å². The second-order valence-corrected chi connectivity index (χ2v) is 11.3. The minimum absolute atomic E-state index is 0.196. The predicted molar refractivity (Wildman–Crippen MR) is 162 cm³/mol. The van der Waals surface area contributed by atoms with Crippen LogP contribution in [-0.2, 0) is 14.3 Å². The number of ether oxygens (including phenoxy) is 4. The number of anilines is 1. The Balaban J connectivity index is 1.64. The number of aromatic nitrogens is 1. The Hall–Kier alpha value is -3.41. The van der Waals surface area contributed by atoms with E-state index in [0.29, 0.717) is 62.0 Å². The number of benzene rings is 2. The number of allylic oxidation sites excluding steroid dienone is 1. The van der Waals surface area contributed by atoms with Crippen molar-refractivity contribution in [3.63, 3.8) is 0 Å². The molecule has 1 atom stereocenters. The van der Waals surface area contributed by atoms with E-state index in [9.17, 15) is 9.59 Å². The van der Waals surface area contributed by atoms with Crippen molar-refractivity contribution in [2.75, 3.05) is 51.5 Å². The van der Waals surface area contributed by atoms with Gasteiger partial charge in [-0.25, -0.2) is 9.79 Å². The number of carbonyl (C=O) groups is 1. The maximum Gasteiger partial charge on any atom is 0.338 e. The van der Waals surface area contributed by atoms with Crippen LogP contribution in [0.1, 0.15) is 37.9 Å². The van der Waals surface area contributed by atoms with Gasteiger partial charge in [-0.3, -0.25) is 9.36 Å². The molecule has 1 aromatic heterocycles. The standard InChI is InChI=1S/C30H32BrN3O6S/c1-5-39-24-16-21(22(31)17-23(24)37-4)27-26(29(36)40-6-2)18(3)32-30-34(27)28(35)25(41-30)15-19-7-9-20(10-8-19)33-11-13-38-14-12-33/h7-10,15-17,27H,5-6,11-14H2,1-4H3/b25-15+/t27-/m1/s1. The largest absolute Gasteiger partial charge is 0.493 e. The monoisotopic (exact) mass is 641 g/mol. The van der Waals surface area contributed by atoms with Crippen LogP contribution in [0, 0.1) is 0 Å². The molecule has 3 heterocycles. The van der Waals surface area contributed by atoms with E-state index in [0.717, 1.165) is 24.3 Å². The molecule has 41 heavy (non-hydrogen) atoms. The summed E-state index contributed by atoms with van der Waals surface area (Å²) in [6, 6.07) is 10.9. The second kappa shape index (κ2) is 12.6. The van der Waals surface area contributed by atoms with Gasteiger partial charge in [-0.15, -0.1) is 0 Å². The fourth-order valence-electron chi connectivity index (χ4n) is 5.03. The Morgan fingerprint density at radius 3 is 2.54 bits per heavy atom. The normalized spacial score (nSPS) is 17.2. The van der Waals surface area contributed by atoms with E-state index >= 15 is 0 Å². The molecule has 2 aliphatic heterocycles. The Morgan fingerprint density at radius 1 is 1.15 bits per heavy atom. The van der Waals surface area contributed by atoms with Crippen LogP contribution in [0.3, 0.4) is 0 Å². The smallest absolute Gasteiger partial charge is 0.338 e. The number of halogens is 1. The van der Waals surface area contributed by atoms with Gasteiger partial charge >= 0.3 is 5.97 Å². The Labute approximate surface area is 250 Å². The number of hydrogen-bond donors (Lipinski definition) is 0. The molecule has 0 N–H and O–H groups in total. The first-order valence-corrected chi connectivity index (χ1v) is 15.1. The van der Waals surface area contributed by atoms with E-state index in [2.05, 4.69) is 38.0 Å². The van der Waals surface area contributed by atoms with Crippen LogP contribution in [0.25, 0.3) is 6.08 Å². The highest BCUT2D eigenvalue weighted by Crippen LogP contribution is 2.41. The fourth-order valence-corrected chi connectivity index (χ4v) is 6.61. The third-order valence-corrected chi connectivity index (χ3v) is 8.63. The maximum absolute atomic E-state index is 14.0. The van der Waals surface area contributed by atoms with Crippen molar-refractivity contribution in [2.24, 2.45) is 4.99 Å². The van der Waals surface area contributed by atoms with E-state index in [-0.39, 0.29) is 12.2 Å². The van der Waals surface area contributed by atoms with Crippen molar-refractivity contribution < 1.29 is 23.7 Å². The average Bonchev–Trinajstić information content (AvgIpc) is 3.28. The number of fused-ring (bicyclic) bond motifs is 1. The molecule has 2 aliphatic rings. The third-order valence-electron chi connectivity index (χ3n) is 6.96. The zero-order valence-corrected chi connectivity index (χ0v) is 25.8. The zero-order valence-electron chi connectivity index (χ0n) is 23.4. The van der Waals surface area contributed by atoms with Crippen molar-refractivity contribution in [1.82, 2.24) is 4.57 Å². The van der Waals surface area contributed by atoms with Gasteiger partial charge in [-0.2, -0.15) is 0 Å². The van der Waals surface area contributed by atoms with Gasteiger partial charge in [0.15, 0.2) is 16.3 Å². The fraction of sp³-hybridized carbons (Fsp3) is 0.367. The summed E-state index contributed by atoms with van der Waals surface area (Å²) in [5.74, 6) is 0.523. The van der Waals surface area contributed by atoms with Crippen LogP contribution in [0.4, 0.5) is 5.69 Å². The topological polar surface area (TPSA) is 91.6 Å². The maximum atomic E-state index is 14.0. The zero-order chi connectivity index (χ0) is 29.1. The summed E-state index contributed by atoms with van der Waals surface area (Å²) in [6.07, 6.45) is 1.86. The molecule has 0 saturated carbocycles. The summed E-state index contributed by atoms with van der Waals surface area (Å²) in [5.41, 5.74) is 3.23. The summed E-state index contributed by atoms with van der Waals surface area (Å²) < 4.78 is 25.0. The van der Waals surface area contributed by atoms with Crippen molar-refractivity contribution in [2.45, 2.75) is 26.8 Å². The first-order chi connectivity index (χ1) is 19.9. The lowest BCUT2D eigenvalue weighted by Gasteiger charge is -2.28. The highest BCUT2D eigenvalue weighted by atomic mass is 79.9. The van der Waals surface area contributed by atoms with Gasteiger partial charge < -0.3 is 23.8 Å². The second-order valence-electron chi connectivity index (χ2n) is 9.45. The average molecular weight is 643 g/mol. The number of rotatable bonds is 8. The van der Waals surface area contributed by atoms with Crippen LogP contribution in [0.2, 0.25) is 0 Å². The number of methoxy groups -OCH3 is 1. The number of nitrogens with zero attached hydrogens (tertiary/aromatic N) is 3. The molecule has 216 valence electrons. The first-order valence-electron chi connectivity index (χ1n) is 13.5. The van der Waals surface area contributed by atoms with Crippen LogP contribution in [0.5, 0.6) is 11.5 Å². The molecular formula is C30H32BrN3O6S. The van der Waals surface area contributed by atoms with Crippen molar-refractivity contribution in [3.8, 4) is 11.5 Å². The molecule has 1 fully saturated rings. The molecule has 3 aromatic rings. The van der Waals surface area contributed by atoms with Gasteiger partial charge in [-0.05, 0) is 62.2 Å². The number of hydrogen-bond acceptors (Lipinski definition) is 9. The lowest BCUT2D eigenvalue weighted by atomic mass is 9.95. The third kappa shape index (κ3) is 5.84. The minimum Gasteiger partial charge on any atom is -0.493 e. The highest BCUT2D eigenvalue weighted by Gasteiger charge is 2.35. The van der Waals surface area contributed by atoms with Gasteiger partial charge in [0.1, 0.15) is 0 Å². The minimum atomic E-state index is -0.782. The molecule has 11 heteroatoms. The van der Waals surface area contributed by atoms with E-state index in [1.165, 1.54) is 11.3 Å². The summed E-state index contributed by atoms with van der Waals surface area (Å²) in [4.78, 5) is 34.7. The first kappa shape index (κ1) is 29.1. The Kier molecular flexibility index (Phi) is 8.96. The molecule has 0 bridgehead atoms. The number of thiazole rings is 1. The highest BCUT2D eigenvalue weighted by molar-refractivity contribution is 9.10. The van der Waals surface area contributed by atoms with E-state index in [4.69, 9.17) is 18.9 Å². The molecule has 1 saturated heterocycles. The van der Waals surface area contributed by atoms with Crippen molar-refractivity contribution >= 4 is 45.0 Å². The van der Waals surface area contributed by atoms with Crippen LogP contribution < -0.4 is 29.3 Å². The molecule has 0 unspecified atom stereocenters. The number of morpholine rings is 1. The quantitative estimate of drug-likeness (QED) is 0.346. The molecule has 5 rings (SSSR count). The summed E-state index contributed by atoms with van der Waals surface area (Å²) >= 11 is 4.94. The summed E-state index contributed by atoms with van der Waals surface area (Å²) in [7, 11) is 1.56. The lowest BCUT2D eigenvalue weighted by molar-refractivity contribution is -0.139. The van der Waals surface area contributed by atoms with E-state index < -0.39 is 12.0 Å². The molecule has 0 spiro atoms. The van der Waals surface area contributed by atoms with E-state index in [1.54, 1.807) is 37.7 Å². The Bertz CT molecular complexity index is 1650. The molecule has 0 aliphatic carbocycles. The molecule has 9 nitrogen and oxygen atoms in total. The Morgan fingerprint density at radius 2 is 1.88 bits per heavy atom. The van der Waals surface area contributed by atoms with Gasteiger partial charge in [0.25, 0.3) is 5.56 Å². The van der Waals surface area contributed by atoms with Crippen molar-refractivity contribution in [3.05, 3.63) is 83.0 Å². The van der Waals surface area contributed by atoms with Crippen molar-refractivity contribution in [1.29, 1.82) is 0 Å². The molecule has 0 radical (unpaired) electrons. The molecule has 2 aromatic carbocycles. The number of esters is 1. The van der Waals surface area contributed by atoms with Crippen LogP contribution >= 0.6 is 27.3 Å². The molecular weight excluding hydrogens is 610 g/mol. The summed E-state index contributed by atoms with van der Waals surface area (Å²) in [6.45, 7) is 9.15. The summed E-state index contributed by atoms with van der Waals surface area (Å²) in [5, 5.41) is 0. The number of carbonyl (C=O) groups excluding carboxylic acids is 1. The van der Waals surface area contributed by atoms with E-state index in [1.807, 2.05) is 25.1 Å². The van der Waals surface area contributed by atoms with Gasteiger partial charge in [0.05, 0.1) is 55.4 Å². The van der Waals surface area contributed by atoms with Crippen LogP contribution in [0.15, 0.2) is 61.9 Å². The van der Waals surface area contributed by atoms with Gasteiger partial charge in [0, 0.05) is 23.2 Å². The molecule has 0 amide bonds. The van der Waals surface area contributed by atoms with Gasteiger partial charge in [-0.1, -0.05) is 39.4 Å². The predicted octanol–water partition coefficient (Wildman–Crippen LogP) is 3.80. The SMILES string of the molecule is CCOC(=O)C1=C(C)N=c2s/c(=C/c3ccc(N4CCOCC4)cc3)c(=O)n2[C@@H]1c1cc(OCC)c(OC)cc1Br.